The summed E-state index contributed by atoms with van der Waals surface area (Å²) in [5.74, 6) is 1.43. The Balaban J connectivity index is 2.16. The third-order valence-electron chi connectivity index (χ3n) is 2.01. The number of aromatic nitrogens is 3. The van der Waals surface area contributed by atoms with Gasteiger partial charge in [-0.2, -0.15) is 0 Å². The second kappa shape index (κ2) is 6.40. The molecule has 0 radical (unpaired) electrons. The summed E-state index contributed by atoms with van der Waals surface area (Å²) >= 11 is 5.48. The first-order chi connectivity index (χ1) is 7.24. The quantitative estimate of drug-likeness (QED) is 0.724. The first kappa shape index (κ1) is 12.0. The lowest BCUT2D eigenvalue weighted by Crippen LogP contribution is -2.26. The molecule has 1 heterocycles. The zero-order valence-corrected chi connectivity index (χ0v) is 9.50. The number of halogens is 1. The van der Waals surface area contributed by atoms with Crippen LogP contribution in [-0.2, 0) is 18.3 Å². The van der Waals surface area contributed by atoms with Gasteiger partial charge < -0.3 is 9.88 Å². The Bertz CT molecular complexity index is 313. The number of amides is 1. The molecule has 0 aliphatic carbocycles. The number of nitrogens with one attached hydrogen (secondary N) is 1. The monoisotopic (exact) mass is 230 g/mol. The van der Waals surface area contributed by atoms with E-state index in [0.717, 1.165) is 12.2 Å². The van der Waals surface area contributed by atoms with Crippen LogP contribution in [0.25, 0.3) is 0 Å². The van der Waals surface area contributed by atoms with Crippen LogP contribution in [0.4, 0.5) is 0 Å². The highest BCUT2D eigenvalue weighted by atomic mass is 35.5. The summed E-state index contributed by atoms with van der Waals surface area (Å²) in [4.78, 5) is 11.2. The highest BCUT2D eigenvalue weighted by molar-refractivity contribution is 6.17. The van der Waals surface area contributed by atoms with Crippen molar-refractivity contribution < 1.29 is 4.79 Å². The fourth-order valence-corrected chi connectivity index (χ4v) is 1.30. The summed E-state index contributed by atoms with van der Waals surface area (Å²) in [7, 11) is 1.88. The molecule has 1 amide bonds. The number of alkyl halides is 1. The zero-order chi connectivity index (χ0) is 11.1. The van der Waals surface area contributed by atoms with Crippen LogP contribution in [-0.4, -0.2) is 33.1 Å². The van der Waals surface area contributed by atoms with Crippen LogP contribution in [0.2, 0.25) is 0 Å². The van der Waals surface area contributed by atoms with Crippen molar-refractivity contribution in [3.8, 4) is 0 Å². The summed E-state index contributed by atoms with van der Waals surface area (Å²) in [6.45, 7) is 0.591. The maximum Gasteiger partial charge on any atom is 0.220 e. The Hall–Kier alpha value is -1.10. The van der Waals surface area contributed by atoms with Crippen LogP contribution in [0.5, 0.6) is 0 Å². The summed E-state index contributed by atoms with van der Waals surface area (Å²) in [5.41, 5.74) is 0. The van der Waals surface area contributed by atoms with Crippen LogP contribution in [0.1, 0.15) is 18.7 Å². The van der Waals surface area contributed by atoms with Gasteiger partial charge in [0.25, 0.3) is 0 Å². The van der Waals surface area contributed by atoms with Crippen LogP contribution in [0.15, 0.2) is 6.33 Å². The molecule has 0 fully saturated rings. The number of rotatable bonds is 6. The van der Waals surface area contributed by atoms with Gasteiger partial charge in [-0.3, -0.25) is 4.79 Å². The van der Waals surface area contributed by atoms with E-state index in [9.17, 15) is 4.79 Å². The van der Waals surface area contributed by atoms with Gasteiger partial charge in [-0.1, -0.05) is 0 Å². The van der Waals surface area contributed by atoms with Gasteiger partial charge in [-0.25, -0.2) is 0 Å². The zero-order valence-electron chi connectivity index (χ0n) is 8.74. The molecule has 1 aromatic rings. The van der Waals surface area contributed by atoms with Gasteiger partial charge in [0.15, 0.2) is 0 Å². The Morgan fingerprint density at radius 1 is 1.67 bits per heavy atom. The van der Waals surface area contributed by atoms with Gasteiger partial charge in [-0.15, -0.1) is 21.8 Å². The summed E-state index contributed by atoms with van der Waals surface area (Å²) < 4.78 is 1.84. The van der Waals surface area contributed by atoms with Crippen molar-refractivity contribution in [2.75, 3.05) is 12.4 Å². The SMILES string of the molecule is Cn1cnnc1CCNC(=O)CCCCl. The van der Waals surface area contributed by atoms with Crippen molar-refractivity contribution in [3.63, 3.8) is 0 Å². The maximum atomic E-state index is 11.2. The lowest BCUT2D eigenvalue weighted by Gasteiger charge is -2.03. The second-order valence-electron chi connectivity index (χ2n) is 3.25. The van der Waals surface area contributed by atoms with Crippen LogP contribution >= 0.6 is 11.6 Å². The second-order valence-corrected chi connectivity index (χ2v) is 3.63. The lowest BCUT2D eigenvalue weighted by molar-refractivity contribution is -0.121. The van der Waals surface area contributed by atoms with Gasteiger partial charge in [0.05, 0.1) is 0 Å². The molecule has 0 aromatic carbocycles. The third-order valence-corrected chi connectivity index (χ3v) is 2.28. The molecule has 0 spiro atoms. The van der Waals surface area contributed by atoms with E-state index >= 15 is 0 Å². The van der Waals surface area contributed by atoms with Gasteiger partial charge in [0.2, 0.25) is 5.91 Å². The van der Waals surface area contributed by atoms with E-state index in [2.05, 4.69) is 15.5 Å². The van der Waals surface area contributed by atoms with Crippen molar-refractivity contribution in [1.82, 2.24) is 20.1 Å². The number of carbonyl (C=O) groups excluding carboxylic acids is 1. The smallest absolute Gasteiger partial charge is 0.220 e. The normalized spacial score (nSPS) is 10.3. The molecule has 0 saturated carbocycles. The van der Waals surface area contributed by atoms with Gasteiger partial charge in [0, 0.05) is 32.3 Å². The Morgan fingerprint density at radius 2 is 2.47 bits per heavy atom. The Kier molecular flexibility index (Phi) is 5.10. The van der Waals surface area contributed by atoms with Crippen molar-refractivity contribution in [2.45, 2.75) is 19.3 Å². The average molecular weight is 231 g/mol. The van der Waals surface area contributed by atoms with E-state index in [1.807, 2.05) is 11.6 Å². The highest BCUT2D eigenvalue weighted by Crippen LogP contribution is 1.93. The molecule has 0 saturated heterocycles. The van der Waals surface area contributed by atoms with E-state index in [0.29, 0.717) is 25.3 Å². The van der Waals surface area contributed by atoms with Crippen molar-refractivity contribution in [2.24, 2.45) is 7.05 Å². The number of hydrogen-bond donors (Lipinski definition) is 1. The van der Waals surface area contributed by atoms with Crippen molar-refractivity contribution >= 4 is 17.5 Å². The first-order valence-electron chi connectivity index (χ1n) is 4.89. The molecule has 0 aliphatic rings. The molecular weight excluding hydrogens is 216 g/mol. The largest absolute Gasteiger partial charge is 0.356 e. The molecule has 84 valence electrons. The summed E-state index contributed by atoms with van der Waals surface area (Å²) in [6, 6.07) is 0. The fraction of sp³-hybridized carbons (Fsp3) is 0.667. The number of nitrogens with zero attached hydrogens (tertiary/aromatic N) is 3. The molecule has 6 heteroatoms. The van der Waals surface area contributed by atoms with E-state index in [4.69, 9.17) is 11.6 Å². The lowest BCUT2D eigenvalue weighted by atomic mass is 10.3. The summed E-state index contributed by atoms with van der Waals surface area (Å²) in [5, 5.41) is 10.5. The van der Waals surface area contributed by atoms with Gasteiger partial charge >= 0.3 is 0 Å². The molecule has 0 bridgehead atoms. The minimum absolute atomic E-state index is 0.0396. The predicted molar refractivity (Wildman–Crippen MR) is 57.7 cm³/mol. The molecule has 1 aromatic heterocycles. The molecule has 1 rings (SSSR count). The highest BCUT2D eigenvalue weighted by Gasteiger charge is 2.02. The standard InChI is InChI=1S/C9H15ClN4O/c1-14-7-12-13-8(14)4-6-11-9(15)3-2-5-10/h7H,2-6H2,1H3,(H,11,15). The van der Waals surface area contributed by atoms with Crippen molar-refractivity contribution in [1.29, 1.82) is 0 Å². The average Bonchev–Trinajstić information content (AvgIpc) is 2.61. The molecular formula is C9H15ClN4O. The minimum Gasteiger partial charge on any atom is -0.356 e. The molecule has 5 nitrogen and oxygen atoms in total. The van der Waals surface area contributed by atoms with Crippen molar-refractivity contribution in [3.05, 3.63) is 12.2 Å². The Morgan fingerprint density at radius 3 is 3.07 bits per heavy atom. The number of carbonyl (C=O) groups is 1. The van der Waals surface area contributed by atoms with Gasteiger partial charge in [0.1, 0.15) is 12.2 Å². The van der Waals surface area contributed by atoms with Crippen LogP contribution < -0.4 is 5.32 Å². The fourth-order valence-electron chi connectivity index (χ4n) is 1.16. The molecule has 0 unspecified atom stereocenters. The van der Waals surface area contributed by atoms with Crippen LogP contribution in [0.3, 0.4) is 0 Å². The Labute approximate surface area is 93.8 Å². The molecule has 1 N–H and O–H groups in total. The first-order valence-corrected chi connectivity index (χ1v) is 5.43. The topological polar surface area (TPSA) is 59.8 Å². The molecule has 0 aliphatic heterocycles. The third kappa shape index (κ3) is 4.29. The van der Waals surface area contributed by atoms with Crippen LogP contribution in [0, 0.1) is 0 Å². The van der Waals surface area contributed by atoms with E-state index < -0.39 is 0 Å². The predicted octanol–water partition coefficient (Wildman–Crippen LogP) is 0.493. The maximum absolute atomic E-state index is 11.2. The van der Waals surface area contributed by atoms with E-state index in [-0.39, 0.29) is 5.91 Å². The minimum atomic E-state index is 0.0396. The molecule has 0 atom stereocenters. The van der Waals surface area contributed by atoms with E-state index in [1.165, 1.54) is 0 Å². The summed E-state index contributed by atoms with van der Waals surface area (Å²) in [6.07, 6.45) is 3.55. The molecule has 15 heavy (non-hydrogen) atoms. The number of hydrogen-bond acceptors (Lipinski definition) is 3. The van der Waals surface area contributed by atoms with E-state index in [1.54, 1.807) is 6.33 Å². The number of aryl methyl sites for hydroxylation is 1. The van der Waals surface area contributed by atoms with Gasteiger partial charge in [-0.05, 0) is 6.42 Å².